The van der Waals surface area contributed by atoms with Gasteiger partial charge in [-0.25, -0.2) is 9.97 Å². The zero-order valence-corrected chi connectivity index (χ0v) is 11.4. The van der Waals surface area contributed by atoms with Gasteiger partial charge >= 0.3 is 0 Å². The van der Waals surface area contributed by atoms with Gasteiger partial charge in [-0.1, -0.05) is 23.2 Å². The molecule has 0 aliphatic rings. The Morgan fingerprint density at radius 3 is 2.67 bits per heavy atom. The SMILES string of the molecule is CNc1ncnc(-c2cc(Cl)ccc2Cl)c1OC. The van der Waals surface area contributed by atoms with Gasteiger partial charge in [-0.3, -0.25) is 0 Å². The molecule has 0 amide bonds. The van der Waals surface area contributed by atoms with Crippen molar-refractivity contribution in [1.29, 1.82) is 0 Å². The fourth-order valence-corrected chi connectivity index (χ4v) is 2.00. The van der Waals surface area contributed by atoms with E-state index in [4.69, 9.17) is 27.9 Å². The van der Waals surface area contributed by atoms with Crippen LogP contribution in [0.25, 0.3) is 11.3 Å². The van der Waals surface area contributed by atoms with Crippen LogP contribution in [0.4, 0.5) is 5.82 Å². The van der Waals surface area contributed by atoms with Gasteiger partial charge in [0.2, 0.25) is 0 Å². The Balaban J connectivity index is 2.66. The fourth-order valence-electron chi connectivity index (χ4n) is 1.62. The van der Waals surface area contributed by atoms with E-state index < -0.39 is 0 Å². The van der Waals surface area contributed by atoms with Crippen LogP contribution < -0.4 is 10.1 Å². The van der Waals surface area contributed by atoms with Crippen LogP contribution in [-0.2, 0) is 0 Å². The fraction of sp³-hybridized carbons (Fsp3) is 0.167. The minimum Gasteiger partial charge on any atom is -0.491 e. The smallest absolute Gasteiger partial charge is 0.187 e. The Hall–Kier alpha value is -1.52. The van der Waals surface area contributed by atoms with Gasteiger partial charge in [0.05, 0.1) is 12.1 Å². The van der Waals surface area contributed by atoms with E-state index in [1.165, 1.54) is 6.33 Å². The molecule has 2 rings (SSSR count). The molecule has 1 aromatic heterocycles. The van der Waals surface area contributed by atoms with Gasteiger partial charge in [0.25, 0.3) is 0 Å². The molecule has 1 aromatic carbocycles. The summed E-state index contributed by atoms with van der Waals surface area (Å²) in [6, 6.07) is 5.19. The molecule has 4 nitrogen and oxygen atoms in total. The first kappa shape index (κ1) is 12.9. The minimum atomic E-state index is 0.532. The highest BCUT2D eigenvalue weighted by Gasteiger charge is 2.15. The summed E-state index contributed by atoms with van der Waals surface area (Å²) in [5.74, 6) is 1.13. The number of hydrogen-bond donors (Lipinski definition) is 1. The second-order valence-corrected chi connectivity index (χ2v) is 4.32. The number of halogens is 2. The predicted octanol–water partition coefficient (Wildman–Crippen LogP) is 3.50. The summed E-state index contributed by atoms with van der Waals surface area (Å²) in [6.45, 7) is 0. The first-order valence-corrected chi connectivity index (χ1v) is 5.95. The summed E-state index contributed by atoms with van der Waals surface area (Å²) < 4.78 is 5.33. The second-order valence-electron chi connectivity index (χ2n) is 3.48. The van der Waals surface area contributed by atoms with Crippen molar-refractivity contribution < 1.29 is 4.74 Å². The average Bonchev–Trinajstić information content (AvgIpc) is 2.40. The van der Waals surface area contributed by atoms with Crippen molar-refractivity contribution in [3.63, 3.8) is 0 Å². The maximum absolute atomic E-state index is 6.16. The lowest BCUT2D eigenvalue weighted by atomic mass is 10.1. The summed E-state index contributed by atoms with van der Waals surface area (Å²) in [6.07, 6.45) is 1.45. The number of hydrogen-bond acceptors (Lipinski definition) is 4. The summed E-state index contributed by atoms with van der Waals surface area (Å²) in [5, 5.41) is 4.08. The molecule has 18 heavy (non-hydrogen) atoms. The van der Waals surface area contributed by atoms with Crippen LogP contribution in [0, 0.1) is 0 Å². The summed E-state index contributed by atoms with van der Waals surface area (Å²) in [4.78, 5) is 8.29. The van der Waals surface area contributed by atoms with E-state index in [2.05, 4.69) is 15.3 Å². The number of benzene rings is 1. The van der Waals surface area contributed by atoms with Crippen molar-refractivity contribution in [1.82, 2.24) is 9.97 Å². The lowest BCUT2D eigenvalue weighted by Crippen LogP contribution is -2.00. The number of rotatable bonds is 3. The molecule has 0 unspecified atom stereocenters. The Kier molecular flexibility index (Phi) is 3.89. The molecule has 0 fully saturated rings. The number of nitrogens with zero attached hydrogens (tertiary/aromatic N) is 2. The lowest BCUT2D eigenvalue weighted by molar-refractivity contribution is 0.415. The van der Waals surface area contributed by atoms with E-state index in [1.807, 2.05) is 0 Å². The number of aromatic nitrogens is 2. The normalized spacial score (nSPS) is 10.2. The van der Waals surface area contributed by atoms with Crippen LogP contribution >= 0.6 is 23.2 Å². The van der Waals surface area contributed by atoms with Crippen LogP contribution in [0.1, 0.15) is 0 Å². The van der Waals surface area contributed by atoms with E-state index >= 15 is 0 Å². The van der Waals surface area contributed by atoms with Crippen LogP contribution in [0.2, 0.25) is 10.0 Å². The molecule has 0 radical (unpaired) electrons. The monoisotopic (exact) mass is 283 g/mol. The van der Waals surface area contributed by atoms with E-state index in [-0.39, 0.29) is 0 Å². The number of ether oxygens (including phenoxy) is 1. The second kappa shape index (κ2) is 5.42. The zero-order valence-electron chi connectivity index (χ0n) is 9.87. The maximum Gasteiger partial charge on any atom is 0.187 e. The van der Waals surface area contributed by atoms with Crippen molar-refractivity contribution in [2.45, 2.75) is 0 Å². The molecule has 0 spiro atoms. The third kappa shape index (κ3) is 2.35. The highest BCUT2D eigenvalue weighted by Crippen LogP contribution is 2.37. The molecule has 0 saturated carbocycles. The van der Waals surface area contributed by atoms with E-state index in [1.54, 1.807) is 32.4 Å². The van der Waals surface area contributed by atoms with Crippen LogP contribution in [-0.4, -0.2) is 24.1 Å². The molecule has 0 aliphatic carbocycles. The Morgan fingerprint density at radius 1 is 1.22 bits per heavy atom. The molecule has 2 aromatic rings. The number of methoxy groups -OCH3 is 1. The van der Waals surface area contributed by atoms with Crippen LogP contribution in [0.3, 0.4) is 0 Å². The molecular formula is C12H11Cl2N3O. The van der Waals surface area contributed by atoms with Crippen molar-refractivity contribution in [2.24, 2.45) is 0 Å². The lowest BCUT2D eigenvalue weighted by Gasteiger charge is -2.12. The van der Waals surface area contributed by atoms with Crippen molar-refractivity contribution in [2.75, 3.05) is 19.5 Å². The van der Waals surface area contributed by atoms with Gasteiger partial charge in [0.1, 0.15) is 12.0 Å². The Bertz CT molecular complexity index is 575. The highest BCUT2D eigenvalue weighted by atomic mass is 35.5. The van der Waals surface area contributed by atoms with E-state index in [9.17, 15) is 0 Å². The van der Waals surface area contributed by atoms with Crippen molar-refractivity contribution in [3.05, 3.63) is 34.6 Å². The topological polar surface area (TPSA) is 47.0 Å². The van der Waals surface area contributed by atoms with Crippen LogP contribution in [0.15, 0.2) is 24.5 Å². The van der Waals surface area contributed by atoms with E-state index in [0.29, 0.717) is 32.9 Å². The molecule has 0 bridgehead atoms. The first-order chi connectivity index (χ1) is 8.67. The van der Waals surface area contributed by atoms with Gasteiger partial charge < -0.3 is 10.1 Å². The summed E-state index contributed by atoms with van der Waals surface area (Å²) in [7, 11) is 3.32. The standard InChI is InChI=1S/C12H11Cl2N3O/c1-15-12-11(18-2)10(16-6-17-12)8-5-7(13)3-4-9(8)14/h3-6H,1-2H3,(H,15,16,17). The van der Waals surface area contributed by atoms with Gasteiger partial charge in [-0.05, 0) is 18.2 Å². The van der Waals surface area contributed by atoms with Gasteiger partial charge in [-0.2, -0.15) is 0 Å². The average molecular weight is 284 g/mol. The summed E-state index contributed by atoms with van der Waals surface area (Å²) in [5.41, 5.74) is 1.31. The molecule has 1 N–H and O–H groups in total. The molecule has 0 aliphatic heterocycles. The number of anilines is 1. The van der Waals surface area contributed by atoms with Gasteiger partial charge in [0.15, 0.2) is 11.6 Å². The maximum atomic E-state index is 6.16. The van der Waals surface area contributed by atoms with Crippen molar-refractivity contribution >= 4 is 29.0 Å². The predicted molar refractivity (Wildman–Crippen MR) is 73.6 cm³/mol. The molecule has 0 atom stereocenters. The molecule has 0 saturated heterocycles. The third-order valence-corrected chi connectivity index (χ3v) is 2.99. The molecular weight excluding hydrogens is 273 g/mol. The minimum absolute atomic E-state index is 0.532. The molecule has 1 heterocycles. The van der Waals surface area contributed by atoms with Crippen LogP contribution in [0.5, 0.6) is 5.75 Å². The van der Waals surface area contributed by atoms with Crippen molar-refractivity contribution in [3.8, 4) is 17.0 Å². The quantitative estimate of drug-likeness (QED) is 0.937. The highest BCUT2D eigenvalue weighted by molar-refractivity contribution is 6.35. The third-order valence-electron chi connectivity index (χ3n) is 2.43. The number of nitrogens with one attached hydrogen (secondary N) is 1. The Morgan fingerprint density at radius 2 is 2.00 bits per heavy atom. The largest absolute Gasteiger partial charge is 0.491 e. The van der Waals surface area contributed by atoms with E-state index in [0.717, 1.165) is 0 Å². The first-order valence-electron chi connectivity index (χ1n) is 5.19. The summed E-state index contributed by atoms with van der Waals surface area (Å²) >= 11 is 12.1. The molecule has 94 valence electrons. The van der Waals surface area contributed by atoms with Gasteiger partial charge in [0, 0.05) is 17.6 Å². The zero-order chi connectivity index (χ0) is 13.1. The van der Waals surface area contributed by atoms with Gasteiger partial charge in [-0.15, -0.1) is 0 Å². The Labute approximate surface area is 115 Å². The molecule has 6 heteroatoms.